The number of aromatic hydroxyl groups is 1. The number of hydrogen-bond acceptors (Lipinski definition) is 3. The molecule has 1 unspecified atom stereocenters. The number of carbonyl (C=O) groups is 1. The predicted molar refractivity (Wildman–Crippen MR) is 57.0 cm³/mol. The Bertz CT molecular complexity index is 430. The Kier molecular flexibility index (Phi) is 3.85. The van der Waals surface area contributed by atoms with Crippen LogP contribution in [0.5, 0.6) is 5.75 Å². The molecular formula is C11H12F3NO3. The molecule has 0 bridgehead atoms. The van der Waals surface area contributed by atoms with Crippen molar-refractivity contribution in [2.24, 2.45) is 0 Å². The van der Waals surface area contributed by atoms with Crippen LogP contribution in [0.4, 0.5) is 13.2 Å². The third-order valence-corrected chi connectivity index (χ3v) is 2.58. The van der Waals surface area contributed by atoms with E-state index in [1.165, 1.54) is 24.3 Å². The number of halogens is 3. The number of rotatable bonds is 4. The molecule has 0 saturated carbocycles. The fourth-order valence-electron chi connectivity index (χ4n) is 1.19. The van der Waals surface area contributed by atoms with Gasteiger partial charge in [-0.15, -0.1) is 0 Å². The highest BCUT2D eigenvalue weighted by Gasteiger charge is 2.57. The minimum absolute atomic E-state index is 0.0180. The van der Waals surface area contributed by atoms with Crippen LogP contribution in [0.25, 0.3) is 0 Å². The van der Waals surface area contributed by atoms with E-state index in [9.17, 15) is 18.0 Å². The summed E-state index contributed by atoms with van der Waals surface area (Å²) in [6, 6.07) is 5.42. The fourth-order valence-corrected chi connectivity index (χ4v) is 1.19. The number of hydrogen-bond donors (Lipinski definition) is 3. The minimum atomic E-state index is -4.91. The molecule has 1 atom stereocenters. The van der Waals surface area contributed by atoms with Crippen LogP contribution < -0.4 is 5.32 Å². The smallest absolute Gasteiger partial charge is 0.417 e. The lowest BCUT2D eigenvalue weighted by Crippen LogP contribution is -2.59. The van der Waals surface area contributed by atoms with E-state index in [0.717, 1.165) is 0 Å². The quantitative estimate of drug-likeness (QED) is 0.775. The number of phenolic OH excluding ortho intramolecular Hbond substituents is 1. The molecule has 0 aliphatic rings. The molecule has 3 N–H and O–H groups in total. The number of benzene rings is 1. The predicted octanol–water partition coefficient (Wildman–Crippen LogP) is 1.89. The summed E-state index contributed by atoms with van der Waals surface area (Å²) >= 11 is 0. The summed E-state index contributed by atoms with van der Waals surface area (Å²) in [5.74, 6) is -2.01. The van der Waals surface area contributed by atoms with Crippen LogP contribution in [0, 0.1) is 0 Å². The van der Waals surface area contributed by atoms with Gasteiger partial charge in [-0.05, 0) is 24.6 Å². The Hall–Kier alpha value is -1.76. The lowest BCUT2D eigenvalue weighted by Gasteiger charge is -2.28. The molecule has 0 saturated heterocycles. The molecule has 18 heavy (non-hydrogen) atoms. The van der Waals surface area contributed by atoms with Crippen LogP contribution in [0.1, 0.15) is 12.5 Å². The Morgan fingerprint density at radius 2 is 1.78 bits per heavy atom. The van der Waals surface area contributed by atoms with Gasteiger partial charge in [0.1, 0.15) is 5.75 Å². The second-order valence-corrected chi connectivity index (χ2v) is 3.95. The summed E-state index contributed by atoms with van der Waals surface area (Å²) in [6.45, 7) is 0.290. The van der Waals surface area contributed by atoms with Crippen LogP contribution in [0.2, 0.25) is 0 Å². The molecule has 0 radical (unpaired) electrons. The first-order valence-electron chi connectivity index (χ1n) is 5.00. The summed E-state index contributed by atoms with van der Waals surface area (Å²) in [4.78, 5) is 10.7. The number of phenols is 1. The van der Waals surface area contributed by atoms with Gasteiger partial charge in [0.05, 0.1) is 0 Å². The number of carboxylic acids is 1. The first-order valence-corrected chi connectivity index (χ1v) is 5.00. The third-order valence-electron chi connectivity index (χ3n) is 2.58. The fraction of sp³-hybridized carbons (Fsp3) is 0.364. The standard InChI is InChI=1S/C11H12F3NO3/c1-10(9(17)18,11(12,13)14)15-6-7-2-4-8(16)5-3-7/h2-5,15-16H,6H2,1H3,(H,17,18). The van der Waals surface area contributed by atoms with Crippen molar-refractivity contribution in [1.29, 1.82) is 0 Å². The average molecular weight is 263 g/mol. The van der Waals surface area contributed by atoms with Gasteiger partial charge in [-0.2, -0.15) is 13.2 Å². The highest BCUT2D eigenvalue weighted by molar-refractivity contribution is 5.79. The minimum Gasteiger partial charge on any atom is -0.508 e. The highest BCUT2D eigenvalue weighted by Crippen LogP contribution is 2.30. The first-order chi connectivity index (χ1) is 8.17. The number of aliphatic carboxylic acids is 1. The summed E-state index contributed by atoms with van der Waals surface area (Å²) in [6.07, 6.45) is -4.91. The molecule has 1 rings (SSSR count). The summed E-state index contributed by atoms with van der Waals surface area (Å²) < 4.78 is 37.9. The van der Waals surface area contributed by atoms with Crippen molar-refractivity contribution >= 4 is 5.97 Å². The van der Waals surface area contributed by atoms with Gasteiger partial charge < -0.3 is 10.2 Å². The largest absolute Gasteiger partial charge is 0.508 e. The van der Waals surface area contributed by atoms with Gasteiger partial charge in [0.25, 0.3) is 0 Å². The number of alkyl halides is 3. The summed E-state index contributed by atoms with van der Waals surface area (Å²) in [5, 5.41) is 19.6. The Balaban J connectivity index is 2.81. The second-order valence-electron chi connectivity index (χ2n) is 3.95. The molecular weight excluding hydrogens is 251 g/mol. The molecule has 1 aromatic rings. The van der Waals surface area contributed by atoms with Gasteiger partial charge in [-0.3, -0.25) is 5.32 Å². The van der Waals surface area contributed by atoms with Gasteiger partial charge in [-0.1, -0.05) is 12.1 Å². The van der Waals surface area contributed by atoms with E-state index in [4.69, 9.17) is 10.2 Å². The monoisotopic (exact) mass is 263 g/mol. The zero-order chi connectivity index (χ0) is 14.0. The van der Waals surface area contributed by atoms with Crippen LogP contribution in [-0.2, 0) is 11.3 Å². The first kappa shape index (κ1) is 14.3. The average Bonchev–Trinajstić information content (AvgIpc) is 2.26. The molecule has 1 aromatic carbocycles. The van der Waals surface area contributed by atoms with E-state index in [2.05, 4.69) is 0 Å². The highest BCUT2D eigenvalue weighted by atomic mass is 19.4. The van der Waals surface area contributed by atoms with E-state index in [1.54, 1.807) is 0 Å². The van der Waals surface area contributed by atoms with E-state index in [0.29, 0.717) is 12.5 Å². The molecule has 0 amide bonds. The van der Waals surface area contributed by atoms with E-state index in [-0.39, 0.29) is 12.3 Å². The summed E-state index contributed by atoms with van der Waals surface area (Å²) in [7, 11) is 0. The Morgan fingerprint density at radius 1 is 1.28 bits per heavy atom. The Morgan fingerprint density at radius 3 is 2.17 bits per heavy atom. The lowest BCUT2D eigenvalue weighted by molar-refractivity contribution is -0.206. The number of nitrogens with one attached hydrogen (secondary N) is 1. The maximum Gasteiger partial charge on any atom is 0.417 e. The third kappa shape index (κ3) is 2.92. The molecule has 7 heteroatoms. The maximum atomic E-state index is 12.6. The molecule has 0 fully saturated rings. The van der Waals surface area contributed by atoms with Gasteiger partial charge in [0, 0.05) is 6.54 Å². The molecule has 4 nitrogen and oxygen atoms in total. The second kappa shape index (κ2) is 4.85. The molecule has 0 heterocycles. The van der Waals surface area contributed by atoms with Gasteiger partial charge in [0.15, 0.2) is 0 Å². The maximum absolute atomic E-state index is 12.6. The zero-order valence-electron chi connectivity index (χ0n) is 9.45. The molecule has 0 aromatic heterocycles. The van der Waals surface area contributed by atoms with Crippen molar-refractivity contribution < 1.29 is 28.2 Å². The van der Waals surface area contributed by atoms with E-state index in [1.807, 2.05) is 5.32 Å². The van der Waals surface area contributed by atoms with Crippen LogP contribution in [0.3, 0.4) is 0 Å². The van der Waals surface area contributed by atoms with Crippen molar-refractivity contribution in [2.45, 2.75) is 25.2 Å². The van der Waals surface area contributed by atoms with E-state index < -0.39 is 17.7 Å². The van der Waals surface area contributed by atoms with Crippen LogP contribution in [-0.4, -0.2) is 27.9 Å². The van der Waals surface area contributed by atoms with Gasteiger partial charge >= 0.3 is 12.1 Å². The van der Waals surface area contributed by atoms with Crippen molar-refractivity contribution in [3.05, 3.63) is 29.8 Å². The van der Waals surface area contributed by atoms with Crippen molar-refractivity contribution in [3.8, 4) is 5.75 Å². The van der Waals surface area contributed by atoms with Crippen molar-refractivity contribution in [1.82, 2.24) is 5.32 Å². The normalized spacial score (nSPS) is 15.1. The molecule has 0 aliphatic heterocycles. The Labute approximate surface area is 101 Å². The van der Waals surface area contributed by atoms with E-state index >= 15 is 0 Å². The van der Waals surface area contributed by atoms with Crippen molar-refractivity contribution in [2.75, 3.05) is 0 Å². The lowest BCUT2D eigenvalue weighted by atomic mass is 10.0. The SMILES string of the molecule is CC(NCc1ccc(O)cc1)(C(=O)O)C(F)(F)F. The zero-order valence-corrected chi connectivity index (χ0v) is 9.45. The topological polar surface area (TPSA) is 69.6 Å². The van der Waals surface area contributed by atoms with Crippen LogP contribution in [0.15, 0.2) is 24.3 Å². The molecule has 0 spiro atoms. The molecule has 0 aliphatic carbocycles. The van der Waals surface area contributed by atoms with Crippen molar-refractivity contribution in [3.63, 3.8) is 0 Å². The van der Waals surface area contributed by atoms with Gasteiger partial charge in [0.2, 0.25) is 5.54 Å². The van der Waals surface area contributed by atoms with Gasteiger partial charge in [-0.25, -0.2) is 4.79 Å². The van der Waals surface area contributed by atoms with Crippen LogP contribution >= 0.6 is 0 Å². The summed E-state index contributed by atoms with van der Waals surface area (Å²) in [5.41, 5.74) is -2.57. The number of carboxylic acid groups (broad SMARTS) is 1. The molecule has 100 valence electrons.